The van der Waals surface area contributed by atoms with E-state index in [1.165, 1.54) is 10.7 Å². The lowest BCUT2D eigenvalue weighted by atomic mass is 9.97. The summed E-state index contributed by atoms with van der Waals surface area (Å²) < 4.78 is 43.2. The topological polar surface area (TPSA) is 90.3 Å². The largest absolute Gasteiger partial charge is 0.389 e. The van der Waals surface area contributed by atoms with Crippen LogP contribution in [0.25, 0.3) is 27.7 Å². The Kier molecular flexibility index (Phi) is 4.53. The molecule has 1 N–H and O–H groups in total. The van der Waals surface area contributed by atoms with E-state index < -0.39 is 24.0 Å². The Morgan fingerprint density at radius 3 is 2.62 bits per heavy atom. The van der Waals surface area contributed by atoms with E-state index in [0.717, 1.165) is 0 Å². The van der Waals surface area contributed by atoms with Gasteiger partial charge in [0, 0.05) is 30.2 Å². The number of hydrogen-bond acceptors (Lipinski definition) is 6. The fraction of sp³-hybridized carbons (Fsp3) is 0.273. The van der Waals surface area contributed by atoms with Crippen molar-refractivity contribution < 1.29 is 18.3 Å². The summed E-state index contributed by atoms with van der Waals surface area (Å²) in [6.07, 6.45) is -2.06. The molecule has 10 heteroatoms. The SMILES string of the molecule is Cc1ccc2c(-c3c(C)nc4c(C#N)c(C(F)F)nn4c3N3CC(O)C3)ccnc2c1F. The molecule has 0 amide bonds. The average molecular weight is 438 g/mol. The van der Waals surface area contributed by atoms with Gasteiger partial charge in [0.15, 0.2) is 11.5 Å². The normalized spacial score (nSPS) is 14.4. The Balaban J connectivity index is 1.90. The van der Waals surface area contributed by atoms with E-state index in [0.29, 0.717) is 33.6 Å². The van der Waals surface area contributed by atoms with Gasteiger partial charge >= 0.3 is 0 Å². The van der Waals surface area contributed by atoms with Gasteiger partial charge in [-0.05, 0) is 31.0 Å². The molecule has 4 heterocycles. The summed E-state index contributed by atoms with van der Waals surface area (Å²) in [5.41, 5.74) is 1.31. The molecule has 5 rings (SSSR count). The predicted molar refractivity (Wildman–Crippen MR) is 111 cm³/mol. The smallest absolute Gasteiger partial charge is 0.283 e. The first-order valence-electron chi connectivity index (χ1n) is 9.90. The zero-order valence-electron chi connectivity index (χ0n) is 17.1. The van der Waals surface area contributed by atoms with Crippen molar-refractivity contribution in [3.05, 3.63) is 52.7 Å². The molecule has 1 aliphatic heterocycles. The van der Waals surface area contributed by atoms with Crippen molar-refractivity contribution in [2.24, 2.45) is 0 Å². The van der Waals surface area contributed by atoms with E-state index >= 15 is 0 Å². The minimum atomic E-state index is -2.95. The number of rotatable bonds is 3. The van der Waals surface area contributed by atoms with E-state index in [9.17, 15) is 23.5 Å². The fourth-order valence-corrected chi connectivity index (χ4v) is 4.16. The number of halogens is 3. The van der Waals surface area contributed by atoms with Crippen molar-refractivity contribution in [1.82, 2.24) is 19.6 Å². The van der Waals surface area contributed by atoms with Crippen LogP contribution in [0.4, 0.5) is 19.0 Å². The Labute approximate surface area is 180 Å². The third kappa shape index (κ3) is 2.81. The van der Waals surface area contributed by atoms with Crippen LogP contribution >= 0.6 is 0 Å². The van der Waals surface area contributed by atoms with Gasteiger partial charge in [0.2, 0.25) is 0 Å². The number of hydrogen-bond donors (Lipinski definition) is 1. The number of alkyl halides is 2. The standard InChI is InChI=1S/C22H17F3N6O/c1-10-3-4-14-13(5-6-27-18(14)17(10)23)16-11(2)28-21-15(7-26)19(20(24)25)29-31(21)22(16)30-8-12(32)9-30/h3-6,12,20,32H,8-9H2,1-2H3. The van der Waals surface area contributed by atoms with Crippen molar-refractivity contribution in [3.63, 3.8) is 0 Å². The summed E-state index contributed by atoms with van der Waals surface area (Å²) in [7, 11) is 0. The minimum Gasteiger partial charge on any atom is -0.389 e. The first kappa shape index (κ1) is 20.2. The molecule has 162 valence electrons. The minimum absolute atomic E-state index is 0.0147. The molecule has 1 saturated heterocycles. The van der Waals surface area contributed by atoms with Crippen molar-refractivity contribution in [2.75, 3.05) is 18.0 Å². The third-order valence-corrected chi connectivity index (χ3v) is 5.74. The molecule has 3 aromatic heterocycles. The van der Waals surface area contributed by atoms with Crippen LogP contribution in [0.3, 0.4) is 0 Å². The maximum atomic E-state index is 14.8. The molecule has 7 nitrogen and oxygen atoms in total. The van der Waals surface area contributed by atoms with E-state index in [-0.39, 0.29) is 29.8 Å². The van der Waals surface area contributed by atoms with Crippen LogP contribution in [0.1, 0.15) is 28.9 Å². The number of aliphatic hydroxyl groups is 1. The van der Waals surface area contributed by atoms with Gasteiger partial charge in [-0.15, -0.1) is 0 Å². The highest BCUT2D eigenvalue weighted by Crippen LogP contribution is 2.40. The Hall–Kier alpha value is -3.71. The van der Waals surface area contributed by atoms with Gasteiger partial charge in [-0.25, -0.2) is 18.2 Å². The summed E-state index contributed by atoms with van der Waals surface area (Å²) in [6, 6.07) is 6.89. The summed E-state index contributed by atoms with van der Waals surface area (Å²) in [5.74, 6) is -0.0301. The highest BCUT2D eigenvalue weighted by Gasteiger charge is 2.33. The number of aryl methyl sites for hydroxylation is 2. The third-order valence-electron chi connectivity index (χ3n) is 5.74. The molecule has 0 atom stereocenters. The van der Waals surface area contributed by atoms with E-state index in [4.69, 9.17) is 0 Å². The van der Waals surface area contributed by atoms with Crippen LogP contribution < -0.4 is 4.90 Å². The quantitative estimate of drug-likeness (QED) is 0.525. The zero-order chi connectivity index (χ0) is 22.7. The zero-order valence-corrected chi connectivity index (χ0v) is 17.1. The molecule has 1 fully saturated rings. The van der Waals surface area contributed by atoms with Crippen LogP contribution in [0.15, 0.2) is 24.4 Å². The number of benzene rings is 1. The molecule has 1 aromatic carbocycles. The monoisotopic (exact) mass is 438 g/mol. The number of pyridine rings is 1. The van der Waals surface area contributed by atoms with Gasteiger partial charge in [-0.1, -0.05) is 12.1 Å². The molecule has 32 heavy (non-hydrogen) atoms. The maximum Gasteiger partial charge on any atom is 0.283 e. The van der Waals surface area contributed by atoms with Crippen molar-refractivity contribution >= 4 is 22.4 Å². The molecule has 0 saturated carbocycles. The molecule has 0 aliphatic carbocycles. The Bertz CT molecular complexity index is 1440. The predicted octanol–water partition coefficient (Wildman–Crippen LogP) is 3.69. The summed E-state index contributed by atoms with van der Waals surface area (Å²) in [6.45, 7) is 3.86. The molecule has 4 aromatic rings. The van der Waals surface area contributed by atoms with Gasteiger partial charge in [-0.2, -0.15) is 14.9 Å². The lowest BCUT2D eigenvalue weighted by Gasteiger charge is -2.39. The molecule has 0 radical (unpaired) electrons. The van der Waals surface area contributed by atoms with Gasteiger partial charge < -0.3 is 10.0 Å². The van der Waals surface area contributed by atoms with Gasteiger partial charge in [-0.3, -0.25) is 4.98 Å². The van der Waals surface area contributed by atoms with Crippen LogP contribution in [0.2, 0.25) is 0 Å². The number of β-amino-alcohol motifs (C(OH)–C–C–N with tert-alkyl or cyclic N) is 1. The maximum absolute atomic E-state index is 14.8. The Morgan fingerprint density at radius 1 is 1.22 bits per heavy atom. The van der Waals surface area contributed by atoms with Gasteiger partial charge in [0.25, 0.3) is 6.43 Å². The van der Waals surface area contributed by atoms with E-state index in [1.807, 2.05) is 0 Å². The molecule has 0 unspecified atom stereocenters. The average Bonchev–Trinajstić information content (AvgIpc) is 3.11. The van der Waals surface area contributed by atoms with Crippen LogP contribution in [-0.4, -0.2) is 43.9 Å². The van der Waals surface area contributed by atoms with Crippen LogP contribution in [0.5, 0.6) is 0 Å². The van der Waals surface area contributed by atoms with Crippen molar-refractivity contribution in [1.29, 1.82) is 5.26 Å². The van der Waals surface area contributed by atoms with Crippen LogP contribution in [-0.2, 0) is 0 Å². The fourth-order valence-electron chi connectivity index (χ4n) is 4.16. The molecule has 1 aliphatic rings. The second-order valence-corrected chi connectivity index (χ2v) is 7.81. The van der Waals surface area contributed by atoms with E-state index in [2.05, 4.69) is 15.1 Å². The number of nitrogens with zero attached hydrogens (tertiary/aromatic N) is 6. The summed E-state index contributed by atoms with van der Waals surface area (Å²) in [5, 5.41) is 23.9. The lowest BCUT2D eigenvalue weighted by Crippen LogP contribution is -2.51. The second kappa shape index (κ2) is 7.17. The number of anilines is 1. The molecular weight excluding hydrogens is 421 g/mol. The Morgan fingerprint density at radius 2 is 1.97 bits per heavy atom. The first-order chi connectivity index (χ1) is 15.3. The van der Waals surface area contributed by atoms with Gasteiger partial charge in [0.1, 0.15) is 28.7 Å². The number of aromatic nitrogens is 4. The highest BCUT2D eigenvalue weighted by molar-refractivity contribution is 5.99. The number of aliphatic hydroxyl groups excluding tert-OH is 1. The highest BCUT2D eigenvalue weighted by atomic mass is 19.3. The second-order valence-electron chi connectivity index (χ2n) is 7.81. The lowest BCUT2D eigenvalue weighted by molar-refractivity contribution is 0.140. The number of nitriles is 1. The van der Waals surface area contributed by atoms with E-state index in [1.54, 1.807) is 43.0 Å². The summed E-state index contributed by atoms with van der Waals surface area (Å²) in [4.78, 5) is 10.4. The first-order valence-corrected chi connectivity index (χ1v) is 9.90. The number of fused-ring (bicyclic) bond motifs is 2. The summed E-state index contributed by atoms with van der Waals surface area (Å²) >= 11 is 0. The van der Waals surface area contributed by atoms with Crippen molar-refractivity contribution in [3.8, 4) is 17.2 Å². The molecule has 0 spiro atoms. The molecular formula is C22H17F3N6O. The van der Waals surface area contributed by atoms with Crippen LogP contribution in [0, 0.1) is 31.0 Å². The van der Waals surface area contributed by atoms with Crippen molar-refractivity contribution in [2.45, 2.75) is 26.4 Å². The van der Waals surface area contributed by atoms with Gasteiger partial charge in [0.05, 0.1) is 11.8 Å². The molecule has 0 bridgehead atoms.